The van der Waals surface area contributed by atoms with Crippen molar-refractivity contribution < 1.29 is 4.39 Å². The van der Waals surface area contributed by atoms with Gasteiger partial charge in [0.2, 0.25) is 0 Å². The van der Waals surface area contributed by atoms with Crippen LogP contribution in [-0.2, 0) is 0 Å². The number of unbranched alkanes of at least 4 members (excludes halogenated alkanes) is 1. The van der Waals surface area contributed by atoms with Crippen molar-refractivity contribution in [3.05, 3.63) is 23.1 Å². The molecule has 0 fully saturated rings. The molecular weight excluding hydrogens is 203 g/mol. The molecule has 0 radical (unpaired) electrons. The molecule has 1 N–H and O–H groups in total. The van der Waals surface area contributed by atoms with Gasteiger partial charge in [0, 0.05) is 19.2 Å². The summed E-state index contributed by atoms with van der Waals surface area (Å²) in [6.07, 6.45) is 7.93. The number of hydrogen-bond donors (Lipinski definition) is 1. The summed E-state index contributed by atoms with van der Waals surface area (Å²) < 4.78 is 13.1. The highest BCUT2D eigenvalue weighted by Gasteiger charge is 2.02. The van der Waals surface area contributed by atoms with Crippen LogP contribution in [0.1, 0.15) is 12.8 Å². The van der Waals surface area contributed by atoms with Gasteiger partial charge in [-0.3, -0.25) is 0 Å². The highest BCUT2D eigenvalue weighted by molar-refractivity contribution is 6.30. The molecule has 1 rings (SSSR count). The zero-order valence-corrected chi connectivity index (χ0v) is 8.31. The number of pyridine rings is 1. The summed E-state index contributed by atoms with van der Waals surface area (Å²) in [5.74, 6) is 2.27. The molecule has 0 amide bonds. The van der Waals surface area contributed by atoms with Crippen molar-refractivity contribution in [1.29, 1.82) is 0 Å². The fraction of sp³-hybridized carbons (Fsp3) is 0.300. The minimum atomic E-state index is -0.446. The Hall–Kier alpha value is -1.27. The number of nitrogens with zero attached hydrogens (tertiary/aromatic N) is 1. The maximum Gasteiger partial charge on any atom is 0.166 e. The molecule has 0 aromatic carbocycles. The molecule has 0 aliphatic rings. The maximum absolute atomic E-state index is 13.1. The molecule has 74 valence electrons. The average Bonchev–Trinajstić information content (AvgIpc) is 2.15. The second-order valence-electron chi connectivity index (χ2n) is 2.72. The van der Waals surface area contributed by atoms with Gasteiger partial charge >= 0.3 is 0 Å². The van der Waals surface area contributed by atoms with Crippen LogP contribution in [0.25, 0.3) is 0 Å². The third kappa shape index (κ3) is 3.23. The number of hydrogen-bond acceptors (Lipinski definition) is 2. The van der Waals surface area contributed by atoms with Gasteiger partial charge in [0.25, 0.3) is 0 Å². The van der Waals surface area contributed by atoms with E-state index in [0.717, 1.165) is 6.42 Å². The van der Waals surface area contributed by atoms with Crippen molar-refractivity contribution in [2.24, 2.45) is 0 Å². The number of anilines is 1. The van der Waals surface area contributed by atoms with Crippen molar-refractivity contribution in [2.75, 3.05) is 11.9 Å². The summed E-state index contributed by atoms with van der Waals surface area (Å²) in [7, 11) is 0. The van der Waals surface area contributed by atoms with Crippen LogP contribution in [0.3, 0.4) is 0 Å². The van der Waals surface area contributed by atoms with Gasteiger partial charge in [-0.2, -0.15) is 0 Å². The summed E-state index contributed by atoms with van der Waals surface area (Å²) in [4.78, 5) is 3.81. The Morgan fingerprint density at radius 3 is 3.07 bits per heavy atom. The topological polar surface area (TPSA) is 24.9 Å². The highest BCUT2D eigenvalue weighted by Crippen LogP contribution is 2.15. The largest absolute Gasteiger partial charge is 0.368 e. The van der Waals surface area contributed by atoms with E-state index < -0.39 is 5.82 Å². The molecule has 4 heteroatoms. The molecule has 0 aliphatic heterocycles. The van der Waals surface area contributed by atoms with E-state index in [0.29, 0.717) is 13.0 Å². The number of aromatic nitrogens is 1. The van der Waals surface area contributed by atoms with Crippen LogP contribution in [-0.4, -0.2) is 11.5 Å². The summed E-state index contributed by atoms with van der Waals surface area (Å²) in [5.41, 5.74) is 0. The minimum Gasteiger partial charge on any atom is -0.368 e. The Morgan fingerprint density at radius 1 is 1.64 bits per heavy atom. The minimum absolute atomic E-state index is 0.214. The Labute approximate surface area is 87.5 Å². The second kappa shape index (κ2) is 5.46. The molecule has 0 saturated carbocycles. The Bertz CT molecular complexity index is 346. The molecule has 0 saturated heterocycles. The van der Waals surface area contributed by atoms with Crippen molar-refractivity contribution >= 4 is 17.4 Å². The third-order valence-electron chi connectivity index (χ3n) is 1.60. The Balaban J connectivity index is 2.47. The van der Waals surface area contributed by atoms with Crippen molar-refractivity contribution in [3.8, 4) is 12.3 Å². The lowest BCUT2D eigenvalue weighted by Crippen LogP contribution is -2.04. The molecule has 0 unspecified atom stereocenters. The summed E-state index contributed by atoms with van der Waals surface area (Å²) in [6, 6.07) is 1.22. The first-order valence-corrected chi connectivity index (χ1v) is 4.60. The van der Waals surface area contributed by atoms with E-state index in [1.807, 2.05) is 0 Å². The van der Waals surface area contributed by atoms with Gasteiger partial charge < -0.3 is 5.32 Å². The van der Waals surface area contributed by atoms with Crippen molar-refractivity contribution in [3.63, 3.8) is 0 Å². The molecule has 1 heterocycles. The standard InChI is InChI=1S/C10H10ClFN2/c1-2-3-4-5-13-10-9(12)6-8(11)7-14-10/h1,6-7H,3-5H2,(H,13,14). The lowest BCUT2D eigenvalue weighted by Gasteiger charge is -2.04. The average molecular weight is 213 g/mol. The van der Waals surface area contributed by atoms with Gasteiger partial charge in [-0.05, 0) is 12.5 Å². The fourth-order valence-corrected chi connectivity index (χ4v) is 1.09. The van der Waals surface area contributed by atoms with Crippen molar-refractivity contribution in [1.82, 2.24) is 4.98 Å². The molecule has 0 atom stereocenters. The van der Waals surface area contributed by atoms with Crippen LogP contribution < -0.4 is 5.32 Å². The predicted octanol–water partition coefficient (Wildman–Crippen LogP) is 2.70. The zero-order valence-electron chi connectivity index (χ0n) is 7.56. The molecule has 1 aromatic heterocycles. The third-order valence-corrected chi connectivity index (χ3v) is 1.80. The van der Waals surface area contributed by atoms with E-state index in [2.05, 4.69) is 16.2 Å². The predicted molar refractivity (Wildman–Crippen MR) is 55.8 cm³/mol. The van der Waals surface area contributed by atoms with Gasteiger partial charge in [-0.1, -0.05) is 11.6 Å². The first kappa shape index (κ1) is 10.8. The highest BCUT2D eigenvalue weighted by atomic mass is 35.5. The number of nitrogens with one attached hydrogen (secondary N) is 1. The van der Waals surface area contributed by atoms with Crippen LogP contribution in [0.5, 0.6) is 0 Å². The number of halogens is 2. The van der Waals surface area contributed by atoms with Crippen LogP contribution >= 0.6 is 11.6 Å². The van der Waals surface area contributed by atoms with Gasteiger partial charge in [0.1, 0.15) is 0 Å². The van der Waals surface area contributed by atoms with Gasteiger partial charge in [-0.25, -0.2) is 9.37 Å². The molecule has 0 bridgehead atoms. The van der Waals surface area contributed by atoms with Gasteiger partial charge in [0.15, 0.2) is 11.6 Å². The first-order valence-electron chi connectivity index (χ1n) is 4.22. The number of rotatable bonds is 4. The Morgan fingerprint density at radius 2 is 2.43 bits per heavy atom. The molecular formula is C10H10ClFN2. The molecule has 1 aromatic rings. The zero-order chi connectivity index (χ0) is 10.4. The van der Waals surface area contributed by atoms with Gasteiger partial charge in [0.05, 0.1) is 5.02 Å². The summed E-state index contributed by atoms with van der Waals surface area (Å²) in [6.45, 7) is 0.607. The van der Waals surface area contributed by atoms with E-state index in [9.17, 15) is 4.39 Å². The maximum atomic E-state index is 13.1. The molecule has 0 aliphatic carbocycles. The summed E-state index contributed by atoms with van der Waals surface area (Å²) >= 11 is 5.54. The first-order chi connectivity index (χ1) is 6.74. The lowest BCUT2D eigenvalue weighted by molar-refractivity contribution is 0.624. The van der Waals surface area contributed by atoms with Crippen LogP contribution in [0.4, 0.5) is 10.2 Å². The monoisotopic (exact) mass is 212 g/mol. The van der Waals surface area contributed by atoms with Crippen LogP contribution in [0, 0.1) is 18.2 Å². The van der Waals surface area contributed by atoms with E-state index >= 15 is 0 Å². The van der Waals surface area contributed by atoms with E-state index in [1.54, 1.807) is 0 Å². The molecule has 0 spiro atoms. The second-order valence-corrected chi connectivity index (χ2v) is 3.15. The van der Waals surface area contributed by atoms with E-state index in [1.165, 1.54) is 12.3 Å². The van der Waals surface area contributed by atoms with Crippen LogP contribution in [0.15, 0.2) is 12.3 Å². The SMILES string of the molecule is C#CCCCNc1ncc(Cl)cc1F. The van der Waals surface area contributed by atoms with Crippen LogP contribution in [0.2, 0.25) is 5.02 Å². The summed E-state index contributed by atoms with van der Waals surface area (Å²) in [5, 5.41) is 3.12. The van der Waals surface area contributed by atoms with Crippen molar-refractivity contribution in [2.45, 2.75) is 12.8 Å². The fourth-order valence-electron chi connectivity index (χ4n) is 0.942. The van der Waals surface area contributed by atoms with E-state index in [4.69, 9.17) is 18.0 Å². The number of terminal acetylenes is 1. The Kier molecular flexibility index (Phi) is 4.21. The lowest BCUT2D eigenvalue weighted by atomic mass is 10.3. The normalized spacial score (nSPS) is 9.50. The molecule has 14 heavy (non-hydrogen) atoms. The smallest absolute Gasteiger partial charge is 0.166 e. The molecule has 2 nitrogen and oxygen atoms in total. The van der Waals surface area contributed by atoms with Gasteiger partial charge in [-0.15, -0.1) is 12.3 Å². The van der Waals surface area contributed by atoms with E-state index in [-0.39, 0.29) is 10.8 Å². The quantitative estimate of drug-likeness (QED) is 0.613.